The normalized spacial score (nSPS) is 11.9. The summed E-state index contributed by atoms with van der Waals surface area (Å²) in [6, 6.07) is 15.3. The highest BCUT2D eigenvalue weighted by Gasteiger charge is 2.23. The Morgan fingerprint density at radius 1 is 1.00 bits per heavy atom. The molecule has 1 unspecified atom stereocenters. The van der Waals surface area contributed by atoms with E-state index in [1.54, 1.807) is 54.6 Å². The highest BCUT2D eigenvalue weighted by atomic mass is 16.5. The molecule has 2 aromatic carbocycles. The minimum absolute atomic E-state index is 0.00501. The molecular formula is C19H16N2O4. The quantitative estimate of drug-likeness (QED) is 0.540. The Morgan fingerprint density at radius 3 is 2.28 bits per heavy atom. The molecule has 1 aromatic heterocycles. The van der Waals surface area contributed by atoms with Crippen molar-refractivity contribution in [3.63, 3.8) is 0 Å². The summed E-state index contributed by atoms with van der Waals surface area (Å²) in [5.41, 5.74) is 0.159. The maximum absolute atomic E-state index is 12.5. The Balaban J connectivity index is 1.92. The van der Waals surface area contributed by atoms with Gasteiger partial charge in [0.05, 0.1) is 5.39 Å². The molecule has 0 spiro atoms. The molecule has 3 rings (SSSR count). The van der Waals surface area contributed by atoms with Crippen molar-refractivity contribution in [3.8, 4) is 0 Å². The Hall–Kier alpha value is -3.28. The third kappa shape index (κ3) is 3.19. The molecule has 0 N–H and O–H groups in total. The Labute approximate surface area is 143 Å². The average molecular weight is 336 g/mol. The number of aromatic nitrogens is 2. The maximum atomic E-state index is 12.5. The molecule has 0 aliphatic rings. The number of rotatable bonds is 4. The van der Waals surface area contributed by atoms with Crippen molar-refractivity contribution in [1.82, 2.24) is 9.78 Å². The minimum Gasteiger partial charge on any atom is -0.449 e. The van der Waals surface area contributed by atoms with Crippen LogP contribution in [0.5, 0.6) is 0 Å². The van der Waals surface area contributed by atoms with Crippen LogP contribution in [0.4, 0.5) is 0 Å². The molecular weight excluding hydrogens is 320 g/mol. The molecule has 1 atom stereocenters. The lowest BCUT2D eigenvalue weighted by atomic mass is 10.1. The van der Waals surface area contributed by atoms with Gasteiger partial charge in [-0.15, -0.1) is 0 Å². The highest BCUT2D eigenvalue weighted by molar-refractivity contribution is 6.05. The number of aryl methyl sites for hydroxylation is 1. The summed E-state index contributed by atoms with van der Waals surface area (Å²) in [5, 5.41) is 4.77. The molecule has 1 heterocycles. The van der Waals surface area contributed by atoms with Gasteiger partial charge in [-0.3, -0.25) is 9.59 Å². The number of carbonyl (C=O) groups excluding carboxylic acids is 2. The molecule has 126 valence electrons. The lowest BCUT2D eigenvalue weighted by Crippen LogP contribution is -2.28. The van der Waals surface area contributed by atoms with Crippen LogP contribution in [0.3, 0.4) is 0 Å². The first kappa shape index (κ1) is 16.6. The highest BCUT2D eigenvalue weighted by Crippen LogP contribution is 2.15. The van der Waals surface area contributed by atoms with Crippen LogP contribution in [-0.4, -0.2) is 27.6 Å². The van der Waals surface area contributed by atoms with E-state index in [2.05, 4.69) is 5.10 Å². The summed E-state index contributed by atoms with van der Waals surface area (Å²) < 4.78 is 6.38. The van der Waals surface area contributed by atoms with E-state index in [4.69, 9.17) is 4.74 Å². The summed E-state index contributed by atoms with van der Waals surface area (Å²) >= 11 is 0. The fourth-order valence-corrected chi connectivity index (χ4v) is 2.56. The number of esters is 1. The molecule has 25 heavy (non-hydrogen) atoms. The Bertz CT molecular complexity index is 1010. The van der Waals surface area contributed by atoms with Crippen molar-refractivity contribution < 1.29 is 14.3 Å². The molecule has 0 amide bonds. The van der Waals surface area contributed by atoms with Gasteiger partial charge in [0, 0.05) is 18.0 Å². The van der Waals surface area contributed by atoms with Gasteiger partial charge in [0.1, 0.15) is 0 Å². The van der Waals surface area contributed by atoms with Crippen molar-refractivity contribution in [1.29, 1.82) is 0 Å². The monoisotopic (exact) mass is 336 g/mol. The number of Topliss-reactive ketones (excluding diaryl/α,β-unsaturated/α-hetero) is 1. The lowest BCUT2D eigenvalue weighted by molar-refractivity contribution is 0.0313. The fourth-order valence-electron chi connectivity index (χ4n) is 2.56. The standard InChI is InChI=1S/C19H16N2O4/c1-12(17(22)13-8-4-3-5-9-13)25-19(24)16-14-10-6-7-11-15(14)18(23)21(2)20-16/h3-12H,1-2H3. The lowest BCUT2D eigenvalue weighted by Gasteiger charge is -2.13. The first-order valence-corrected chi connectivity index (χ1v) is 7.75. The summed E-state index contributed by atoms with van der Waals surface area (Å²) in [6.07, 6.45) is -0.965. The van der Waals surface area contributed by atoms with E-state index in [1.807, 2.05) is 0 Å². The number of nitrogens with zero attached hydrogens (tertiary/aromatic N) is 2. The molecule has 3 aromatic rings. The number of carbonyl (C=O) groups is 2. The predicted octanol–water partition coefficient (Wildman–Crippen LogP) is 2.36. The van der Waals surface area contributed by atoms with Crippen LogP contribution in [-0.2, 0) is 11.8 Å². The summed E-state index contributed by atoms with van der Waals surface area (Å²) in [5.74, 6) is -1.05. The van der Waals surface area contributed by atoms with E-state index in [0.29, 0.717) is 16.3 Å². The van der Waals surface area contributed by atoms with Gasteiger partial charge in [0.25, 0.3) is 5.56 Å². The fraction of sp³-hybridized carbons (Fsp3) is 0.158. The zero-order valence-corrected chi connectivity index (χ0v) is 13.8. The zero-order valence-electron chi connectivity index (χ0n) is 13.8. The first-order chi connectivity index (χ1) is 12.0. The second-order valence-corrected chi connectivity index (χ2v) is 5.60. The van der Waals surface area contributed by atoms with Crippen molar-refractivity contribution in [3.05, 3.63) is 76.2 Å². The molecule has 0 fully saturated rings. The minimum atomic E-state index is -0.965. The average Bonchev–Trinajstić information content (AvgIpc) is 2.64. The number of ketones is 1. The maximum Gasteiger partial charge on any atom is 0.360 e. The SMILES string of the molecule is CC(OC(=O)c1nn(C)c(=O)c2ccccc12)C(=O)c1ccccc1. The van der Waals surface area contributed by atoms with Crippen molar-refractivity contribution in [2.75, 3.05) is 0 Å². The van der Waals surface area contributed by atoms with Crippen molar-refractivity contribution >= 4 is 22.5 Å². The van der Waals surface area contributed by atoms with Crippen LogP contribution in [0.25, 0.3) is 10.8 Å². The molecule has 0 radical (unpaired) electrons. The Morgan fingerprint density at radius 2 is 1.60 bits per heavy atom. The van der Waals surface area contributed by atoms with E-state index < -0.39 is 12.1 Å². The molecule has 0 saturated heterocycles. The smallest absolute Gasteiger partial charge is 0.360 e. The van der Waals surface area contributed by atoms with Crippen LogP contribution in [0.1, 0.15) is 27.8 Å². The molecule has 0 saturated carbocycles. The Kier molecular flexibility index (Phi) is 4.43. The van der Waals surface area contributed by atoms with Gasteiger partial charge in [0.2, 0.25) is 5.78 Å². The number of hydrogen-bond donors (Lipinski definition) is 0. The third-order valence-corrected chi connectivity index (χ3v) is 3.86. The number of hydrogen-bond acceptors (Lipinski definition) is 5. The second kappa shape index (κ2) is 6.68. The number of fused-ring (bicyclic) bond motifs is 1. The predicted molar refractivity (Wildman–Crippen MR) is 92.6 cm³/mol. The topological polar surface area (TPSA) is 78.3 Å². The third-order valence-electron chi connectivity index (χ3n) is 3.86. The van der Waals surface area contributed by atoms with E-state index in [9.17, 15) is 14.4 Å². The van der Waals surface area contributed by atoms with Gasteiger partial charge >= 0.3 is 5.97 Å². The summed E-state index contributed by atoms with van der Waals surface area (Å²) in [7, 11) is 1.46. The van der Waals surface area contributed by atoms with Crippen LogP contribution >= 0.6 is 0 Å². The molecule has 6 heteroatoms. The van der Waals surface area contributed by atoms with Crippen LogP contribution in [0, 0.1) is 0 Å². The number of ether oxygens (including phenoxy) is 1. The van der Waals surface area contributed by atoms with Crippen molar-refractivity contribution in [2.45, 2.75) is 13.0 Å². The molecule has 0 aliphatic heterocycles. The zero-order chi connectivity index (χ0) is 18.0. The van der Waals surface area contributed by atoms with Gasteiger partial charge in [-0.1, -0.05) is 48.5 Å². The molecule has 0 aliphatic carbocycles. The van der Waals surface area contributed by atoms with E-state index >= 15 is 0 Å². The van der Waals surface area contributed by atoms with Gasteiger partial charge in [-0.05, 0) is 13.0 Å². The molecule has 6 nitrogen and oxygen atoms in total. The number of benzene rings is 2. The van der Waals surface area contributed by atoms with Gasteiger partial charge in [-0.25, -0.2) is 9.48 Å². The van der Waals surface area contributed by atoms with Crippen LogP contribution in [0.2, 0.25) is 0 Å². The van der Waals surface area contributed by atoms with E-state index in [-0.39, 0.29) is 17.0 Å². The summed E-state index contributed by atoms with van der Waals surface area (Å²) in [4.78, 5) is 37.0. The van der Waals surface area contributed by atoms with Gasteiger partial charge in [-0.2, -0.15) is 5.10 Å². The van der Waals surface area contributed by atoms with Crippen LogP contribution in [0.15, 0.2) is 59.4 Å². The van der Waals surface area contributed by atoms with Crippen LogP contribution < -0.4 is 5.56 Å². The molecule has 0 bridgehead atoms. The van der Waals surface area contributed by atoms with E-state index in [1.165, 1.54) is 14.0 Å². The van der Waals surface area contributed by atoms with E-state index in [0.717, 1.165) is 4.68 Å². The van der Waals surface area contributed by atoms with Gasteiger partial charge in [0.15, 0.2) is 11.8 Å². The largest absolute Gasteiger partial charge is 0.449 e. The van der Waals surface area contributed by atoms with Crippen molar-refractivity contribution in [2.24, 2.45) is 7.05 Å². The first-order valence-electron chi connectivity index (χ1n) is 7.75. The van der Waals surface area contributed by atoms with Gasteiger partial charge < -0.3 is 4.74 Å². The summed E-state index contributed by atoms with van der Waals surface area (Å²) in [6.45, 7) is 1.51. The second-order valence-electron chi connectivity index (χ2n) is 5.60.